The van der Waals surface area contributed by atoms with Gasteiger partial charge in [-0.25, -0.2) is 0 Å². The third kappa shape index (κ3) is 3.70. The van der Waals surface area contributed by atoms with E-state index in [1.54, 1.807) is 24.5 Å². The van der Waals surface area contributed by atoms with Crippen LogP contribution in [0, 0.1) is 23.2 Å². The molecule has 0 saturated heterocycles. The van der Waals surface area contributed by atoms with E-state index in [0.29, 0.717) is 25.1 Å². The van der Waals surface area contributed by atoms with Crippen LogP contribution < -0.4 is 10.6 Å². The fourth-order valence-electron chi connectivity index (χ4n) is 5.89. The highest BCUT2D eigenvalue weighted by Gasteiger charge is 2.51. The van der Waals surface area contributed by atoms with Gasteiger partial charge in [0, 0.05) is 31.9 Å². The molecule has 1 heterocycles. The molecule has 5 nitrogen and oxygen atoms in total. The summed E-state index contributed by atoms with van der Waals surface area (Å²) in [6.07, 6.45) is 11.8. The fraction of sp³-hybridized carbons (Fsp3) is 0.650. The smallest absolute Gasteiger partial charge is 0.252 e. The van der Waals surface area contributed by atoms with Gasteiger partial charge >= 0.3 is 0 Å². The number of aromatic nitrogens is 1. The van der Waals surface area contributed by atoms with Crippen LogP contribution in [0.25, 0.3) is 0 Å². The Labute approximate surface area is 149 Å². The lowest BCUT2D eigenvalue weighted by atomic mass is 9.49. The third-order valence-corrected chi connectivity index (χ3v) is 6.36. The Balaban J connectivity index is 1.20. The van der Waals surface area contributed by atoms with Crippen molar-refractivity contribution in [3.63, 3.8) is 0 Å². The van der Waals surface area contributed by atoms with Crippen molar-refractivity contribution in [1.29, 1.82) is 0 Å². The molecule has 4 aliphatic rings. The summed E-state index contributed by atoms with van der Waals surface area (Å²) in [5.74, 6) is 2.62. The van der Waals surface area contributed by atoms with Gasteiger partial charge in [-0.3, -0.25) is 14.6 Å². The summed E-state index contributed by atoms with van der Waals surface area (Å²) in [6, 6.07) is 3.47. The fourth-order valence-corrected chi connectivity index (χ4v) is 5.89. The predicted octanol–water partition coefficient (Wildman–Crippen LogP) is 2.53. The second-order valence-corrected chi connectivity index (χ2v) is 8.44. The van der Waals surface area contributed by atoms with Crippen molar-refractivity contribution in [3.05, 3.63) is 30.1 Å². The first-order chi connectivity index (χ1) is 12.1. The number of hydrogen-bond donors (Lipinski definition) is 2. The minimum atomic E-state index is -0.150. The summed E-state index contributed by atoms with van der Waals surface area (Å²) in [5.41, 5.74) is 0.819. The van der Waals surface area contributed by atoms with Crippen molar-refractivity contribution in [2.45, 2.75) is 44.9 Å². The van der Waals surface area contributed by atoms with E-state index in [-0.39, 0.29) is 17.2 Å². The summed E-state index contributed by atoms with van der Waals surface area (Å²) in [5, 5.41) is 5.82. The summed E-state index contributed by atoms with van der Waals surface area (Å²) >= 11 is 0. The number of amides is 2. The van der Waals surface area contributed by atoms with Gasteiger partial charge in [0.1, 0.15) is 0 Å². The molecule has 134 valence electrons. The topological polar surface area (TPSA) is 71.1 Å². The zero-order chi connectivity index (χ0) is 17.3. The van der Waals surface area contributed by atoms with Crippen LogP contribution in [-0.4, -0.2) is 29.9 Å². The molecule has 25 heavy (non-hydrogen) atoms. The summed E-state index contributed by atoms with van der Waals surface area (Å²) in [4.78, 5) is 28.3. The highest BCUT2D eigenvalue weighted by Crippen LogP contribution is 2.61. The van der Waals surface area contributed by atoms with Crippen molar-refractivity contribution in [2.24, 2.45) is 23.2 Å². The van der Waals surface area contributed by atoms with Gasteiger partial charge in [-0.15, -0.1) is 0 Å². The van der Waals surface area contributed by atoms with Gasteiger partial charge in [0.05, 0.1) is 5.56 Å². The Morgan fingerprint density at radius 2 is 1.68 bits per heavy atom. The van der Waals surface area contributed by atoms with Gasteiger partial charge in [0.15, 0.2) is 0 Å². The summed E-state index contributed by atoms with van der Waals surface area (Å²) in [7, 11) is 0. The Morgan fingerprint density at radius 1 is 1.04 bits per heavy atom. The predicted molar refractivity (Wildman–Crippen MR) is 94.8 cm³/mol. The first kappa shape index (κ1) is 16.6. The molecule has 0 aromatic carbocycles. The summed E-state index contributed by atoms with van der Waals surface area (Å²) in [6.45, 7) is 0.928. The Kier molecular flexibility index (Phi) is 4.48. The Morgan fingerprint density at radius 3 is 2.28 bits per heavy atom. The minimum Gasteiger partial charge on any atom is -0.354 e. The van der Waals surface area contributed by atoms with E-state index < -0.39 is 0 Å². The number of nitrogens with one attached hydrogen (secondary N) is 2. The van der Waals surface area contributed by atoms with E-state index in [0.717, 1.165) is 17.8 Å². The quantitative estimate of drug-likeness (QED) is 0.781. The molecule has 1 aromatic rings. The molecule has 0 unspecified atom stereocenters. The zero-order valence-electron chi connectivity index (χ0n) is 14.7. The van der Waals surface area contributed by atoms with Gasteiger partial charge < -0.3 is 10.6 Å². The highest BCUT2D eigenvalue weighted by molar-refractivity contribution is 5.93. The van der Waals surface area contributed by atoms with Crippen LogP contribution in [-0.2, 0) is 4.79 Å². The third-order valence-electron chi connectivity index (χ3n) is 6.36. The summed E-state index contributed by atoms with van der Waals surface area (Å²) < 4.78 is 0. The molecule has 2 N–H and O–H groups in total. The average Bonchev–Trinajstić information content (AvgIpc) is 2.57. The van der Waals surface area contributed by atoms with Gasteiger partial charge in [0.25, 0.3) is 5.91 Å². The van der Waals surface area contributed by atoms with Crippen LogP contribution in [0.1, 0.15) is 55.3 Å². The second kappa shape index (κ2) is 6.77. The molecule has 0 radical (unpaired) electrons. The van der Waals surface area contributed by atoms with E-state index in [1.165, 1.54) is 38.5 Å². The molecule has 0 atom stereocenters. The number of hydrogen-bond acceptors (Lipinski definition) is 3. The van der Waals surface area contributed by atoms with Crippen molar-refractivity contribution >= 4 is 11.8 Å². The SMILES string of the molecule is O=C(CC12CC3CC(CC(C3)C1)C2)NCCNC(=O)c1cccnc1. The van der Waals surface area contributed by atoms with Crippen molar-refractivity contribution in [2.75, 3.05) is 13.1 Å². The van der Waals surface area contributed by atoms with Crippen LogP contribution in [0.4, 0.5) is 0 Å². The van der Waals surface area contributed by atoms with Gasteiger partial charge in [-0.1, -0.05) is 0 Å². The normalized spacial score (nSPS) is 32.4. The minimum absolute atomic E-state index is 0.150. The maximum Gasteiger partial charge on any atom is 0.252 e. The maximum absolute atomic E-state index is 12.4. The molecular weight excluding hydrogens is 314 g/mol. The molecule has 4 saturated carbocycles. The molecule has 0 aliphatic heterocycles. The van der Waals surface area contributed by atoms with Crippen molar-refractivity contribution < 1.29 is 9.59 Å². The Hall–Kier alpha value is -1.91. The first-order valence-electron chi connectivity index (χ1n) is 9.57. The standard InChI is InChI=1S/C20H27N3O2/c24-18(22-4-5-23-19(25)17-2-1-3-21-13-17)12-20-9-14-6-15(10-20)8-16(7-14)11-20/h1-3,13-16H,4-12H2,(H,22,24)(H,23,25). The zero-order valence-corrected chi connectivity index (χ0v) is 14.7. The molecule has 0 spiro atoms. The molecule has 4 fully saturated rings. The van der Waals surface area contributed by atoms with E-state index in [4.69, 9.17) is 0 Å². The second-order valence-electron chi connectivity index (χ2n) is 8.44. The monoisotopic (exact) mass is 341 g/mol. The molecule has 4 aliphatic carbocycles. The van der Waals surface area contributed by atoms with Crippen LogP contribution in [0.3, 0.4) is 0 Å². The number of carbonyl (C=O) groups is 2. The van der Waals surface area contributed by atoms with Gasteiger partial charge in [0.2, 0.25) is 5.91 Å². The van der Waals surface area contributed by atoms with Gasteiger partial charge in [-0.2, -0.15) is 0 Å². The van der Waals surface area contributed by atoms with E-state index >= 15 is 0 Å². The number of nitrogens with zero attached hydrogens (tertiary/aromatic N) is 1. The van der Waals surface area contributed by atoms with Crippen molar-refractivity contribution in [3.8, 4) is 0 Å². The molecule has 1 aromatic heterocycles. The first-order valence-corrected chi connectivity index (χ1v) is 9.57. The van der Waals surface area contributed by atoms with Crippen LogP contribution in [0.15, 0.2) is 24.5 Å². The van der Waals surface area contributed by atoms with Crippen LogP contribution in [0.5, 0.6) is 0 Å². The molecule has 5 rings (SSSR count). The van der Waals surface area contributed by atoms with E-state index in [9.17, 15) is 9.59 Å². The van der Waals surface area contributed by atoms with Crippen LogP contribution in [0.2, 0.25) is 0 Å². The Bertz CT molecular complexity index is 608. The average molecular weight is 341 g/mol. The number of carbonyl (C=O) groups excluding carboxylic acids is 2. The van der Waals surface area contributed by atoms with Crippen molar-refractivity contribution in [1.82, 2.24) is 15.6 Å². The lowest BCUT2D eigenvalue weighted by Crippen LogP contribution is -2.48. The highest BCUT2D eigenvalue weighted by atomic mass is 16.2. The largest absolute Gasteiger partial charge is 0.354 e. The van der Waals surface area contributed by atoms with E-state index in [2.05, 4.69) is 15.6 Å². The molecule has 4 bridgehead atoms. The lowest BCUT2D eigenvalue weighted by molar-refractivity contribution is -0.129. The molecular formula is C20H27N3O2. The molecule has 2 amide bonds. The maximum atomic E-state index is 12.4. The van der Waals surface area contributed by atoms with E-state index in [1.807, 2.05) is 0 Å². The number of pyridine rings is 1. The van der Waals surface area contributed by atoms with Crippen LogP contribution >= 0.6 is 0 Å². The van der Waals surface area contributed by atoms with Gasteiger partial charge in [-0.05, 0) is 73.8 Å². The molecule has 5 heteroatoms. The number of rotatable bonds is 6. The lowest BCUT2D eigenvalue weighted by Gasteiger charge is -2.56.